The zero-order valence-electron chi connectivity index (χ0n) is 13.7. The highest BCUT2D eigenvalue weighted by Crippen LogP contribution is 2.44. The molecule has 2 rings (SSSR count). The van der Waals surface area contributed by atoms with E-state index in [1.54, 1.807) is 0 Å². The first-order valence-electron chi connectivity index (χ1n) is 7.85. The maximum Gasteiger partial charge on any atom is 0.254 e. The Labute approximate surface area is 133 Å². The first kappa shape index (κ1) is 16.5. The molecule has 1 heterocycles. The molecule has 22 heavy (non-hydrogen) atoms. The average Bonchev–Trinajstić information content (AvgIpc) is 2.71. The van der Waals surface area contributed by atoms with E-state index in [2.05, 4.69) is 38.2 Å². The van der Waals surface area contributed by atoms with Gasteiger partial charge in [-0.05, 0) is 51.5 Å². The number of rotatable bonds is 8. The minimum absolute atomic E-state index is 0.137. The van der Waals surface area contributed by atoms with Gasteiger partial charge in [0.2, 0.25) is 0 Å². The average molecular weight is 298 g/mol. The van der Waals surface area contributed by atoms with E-state index in [0.717, 1.165) is 43.5 Å². The summed E-state index contributed by atoms with van der Waals surface area (Å²) in [7, 11) is 4.11. The summed E-state index contributed by atoms with van der Waals surface area (Å²) in [6.45, 7) is 9.55. The Hall–Kier alpha value is -1.87. The molecule has 3 nitrogen and oxygen atoms in total. The maximum atomic E-state index is 12.9. The zero-order valence-corrected chi connectivity index (χ0v) is 13.7. The summed E-state index contributed by atoms with van der Waals surface area (Å²) in [5, 5.41) is 0. The van der Waals surface area contributed by atoms with Gasteiger partial charge >= 0.3 is 0 Å². The lowest BCUT2D eigenvalue weighted by Crippen LogP contribution is -2.44. The molecule has 0 saturated carbocycles. The zero-order chi connectivity index (χ0) is 16.2. The standard InChI is InChI=1S/C19H26N2O/c1-5-12-19(13-6-2)17-11-8-7-10-16(17)18(22)21(19)15-9-14-20(3)4/h5-8,10-11H,1-2,9,12-15H2,3-4H3. The van der Waals surface area contributed by atoms with Crippen molar-refractivity contribution in [2.75, 3.05) is 27.2 Å². The van der Waals surface area contributed by atoms with Gasteiger partial charge in [-0.15, -0.1) is 13.2 Å². The number of amides is 1. The van der Waals surface area contributed by atoms with Gasteiger partial charge in [-0.3, -0.25) is 4.79 Å². The second-order valence-electron chi connectivity index (χ2n) is 6.18. The number of carbonyl (C=O) groups is 1. The minimum Gasteiger partial charge on any atom is -0.328 e. The summed E-state index contributed by atoms with van der Waals surface area (Å²) >= 11 is 0. The molecule has 1 aliphatic heterocycles. The van der Waals surface area contributed by atoms with Gasteiger partial charge in [0.25, 0.3) is 5.91 Å². The van der Waals surface area contributed by atoms with Crippen LogP contribution in [0.15, 0.2) is 49.6 Å². The predicted molar refractivity (Wildman–Crippen MR) is 92.0 cm³/mol. The molecule has 0 fully saturated rings. The van der Waals surface area contributed by atoms with Crippen molar-refractivity contribution in [1.29, 1.82) is 0 Å². The van der Waals surface area contributed by atoms with Crippen LogP contribution in [0.25, 0.3) is 0 Å². The van der Waals surface area contributed by atoms with Gasteiger partial charge in [0.15, 0.2) is 0 Å². The molecule has 0 aromatic heterocycles. The molecule has 1 aliphatic rings. The Balaban J connectivity index is 2.39. The first-order valence-corrected chi connectivity index (χ1v) is 7.85. The molecule has 0 N–H and O–H groups in total. The Bertz CT molecular complexity index is 552. The molecule has 0 spiro atoms. The summed E-state index contributed by atoms with van der Waals surface area (Å²) in [6, 6.07) is 7.96. The molecule has 0 unspecified atom stereocenters. The number of nitrogens with zero attached hydrogens (tertiary/aromatic N) is 2. The van der Waals surface area contributed by atoms with Crippen LogP contribution < -0.4 is 0 Å². The first-order chi connectivity index (χ1) is 10.6. The van der Waals surface area contributed by atoms with Crippen LogP contribution >= 0.6 is 0 Å². The van der Waals surface area contributed by atoms with Crippen molar-refractivity contribution in [3.63, 3.8) is 0 Å². The molecule has 0 atom stereocenters. The van der Waals surface area contributed by atoms with Gasteiger partial charge in [0.1, 0.15) is 0 Å². The van der Waals surface area contributed by atoms with Gasteiger partial charge < -0.3 is 9.80 Å². The number of hydrogen-bond acceptors (Lipinski definition) is 2. The van der Waals surface area contributed by atoms with Gasteiger partial charge in [0.05, 0.1) is 5.54 Å². The molecule has 1 amide bonds. The van der Waals surface area contributed by atoms with Crippen LogP contribution in [-0.4, -0.2) is 42.9 Å². The lowest BCUT2D eigenvalue weighted by Gasteiger charge is -2.38. The molecular formula is C19H26N2O. The third kappa shape index (κ3) is 2.86. The van der Waals surface area contributed by atoms with E-state index in [4.69, 9.17) is 0 Å². The SMILES string of the molecule is C=CCC1(CC=C)c2ccccc2C(=O)N1CCCN(C)C. The minimum atomic E-state index is -0.316. The van der Waals surface area contributed by atoms with E-state index in [0.29, 0.717) is 0 Å². The Morgan fingerprint density at radius 3 is 2.41 bits per heavy atom. The normalized spacial score (nSPS) is 16.0. The number of carbonyl (C=O) groups excluding carboxylic acids is 1. The molecule has 0 radical (unpaired) electrons. The largest absolute Gasteiger partial charge is 0.328 e. The van der Waals surface area contributed by atoms with Crippen molar-refractivity contribution in [1.82, 2.24) is 9.80 Å². The van der Waals surface area contributed by atoms with Crippen molar-refractivity contribution < 1.29 is 4.79 Å². The predicted octanol–water partition coefficient (Wildman–Crippen LogP) is 3.44. The van der Waals surface area contributed by atoms with Crippen LogP contribution in [0.4, 0.5) is 0 Å². The lowest BCUT2D eigenvalue weighted by molar-refractivity contribution is 0.0543. The van der Waals surface area contributed by atoms with Crippen LogP contribution in [0, 0.1) is 0 Å². The van der Waals surface area contributed by atoms with Crippen LogP contribution in [0.2, 0.25) is 0 Å². The van der Waals surface area contributed by atoms with Crippen molar-refractivity contribution in [3.05, 3.63) is 60.7 Å². The lowest BCUT2D eigenvalue weighted by atomic mass is 9.83. The monoisotopic (exact) mass is 298 g/mol. The quantitative estimate of drug-likeness (QED) is 0.686. The molecule has 0 aliphatic carbocycles. The van der Waals surface area contributed by atoms with E-state index in [1.807, 2.05) is 35.3 Å². The highest BCUT2D eigenvalue weighted by Gasteiger charge is 2.47. The highest BCUT2D eigenvalue weighted by molar-refractivity contribution is 6.00. The van der Waals surface area contributed by atoms with Crippen LogP contribution in [0.1, 0.15) is 35.2 Å². The topological polar surface area (TPSA) is 23.6 Å². The fourth-order valence-corrected chi connectivity index (χ4v) is 3.42. The smallest absolute Gasteiger partial charge is 0.254 e. The Morgan fingerprint density at radius 2 is 1.82 bits per heavy atom. The van der Waals surface area contributed by atoms with Crippen molar-refractivity contribution >= 4 is 5.91 Å². The van der Waals surface area contributed by atoms with E-state index in [1.165, 1.54) is 0 Å². The highest BCUT2D eigenvalue weighted by atomic mass is 16.2. The summed E-state index contributed by atoms with van der Waals surface area (Å²) in [5.41, 5.74) is 1.63. The van der Waals surface area contributed by atoms with E-state index >= 15 is 0 Å². The Kier molecular flexibility index (Phi) is 5.19. The third-order valence-corrected chi connectivity index (χ3v) is 4.37. The molecule has 0 saturated heterocycles. The summed E-state index contributed by atoms with van der Waals surface area (Å²) in [5.74, 6) is 0.137. The van der Waals surface area contributed by atoms with Gasteiger partial charge in [-0.1, -0.05) is 30.4 Å². The molecule has 0 bridgehead atoms. The van der Waals surface area contributed by atoms with Gasteiger partial charge in [-0.25, -0.2) is 0 Å². The second-order valence-corrected chi connectivity index (χ2v) is 6.18. The summed E-state index contributed by atoms with van der Waals surface area (Å²) in [4.78, 5) is 17.1. The van der Waals surface area contributed by atoms with Crippen molar-refractivity contribution in [3.8, 4) is 0 Å². The summed E-state index contributed by atoms with van der Waals surface area (Å²) in [6.07, 6.45) is 6.30. The number of hydrogen-bond donors (Lipinski definition) is 0. The fraction of sp³-hybridized carbons (Fsp3) is 0.421. The van der Waals surface area contributed by atoms with Crippen molar-refractivity contribution in [2.45, 2.75) is 24.8 Å². The Morgan fingerprint density at radius 1 is 1.18 bits per heavy atom. The maximum absolute atomic E-state index is 12.9. The van der Waals surface area contributed by atoms with Crippen molar-refractivity contribution in [2.24, 2.45) is 0 Å². The number of benzene rings is 1. The van der Waals surface area contributed by atoms with Crippen LogP contribution in [0.3, 0.4) is 0 Å². The molecule has 1 aromatic carbocycles. The van der Waals surface area contributed by atoms with Crippen LogP contribution in [-0.2, 0) is 5.54 Å². The second kappa shape index (κ2) is 6.93. The molecular weight excluding hydrogens is 272 g/mol. The summed E-state index contributed by atoms with van der Waals surface area (Å²) < 4.78 is 0. The van der Waals surface area contributed by atoms with Gasteiger partial charge in [0, 0.05) is 12.1 Å². The van der Waals surface area contributed by atoms with E-state index in [9.17, 15) is 4.79 Å². The molecule has 118 valence electrons. The van der Waals surface area contributed by atoms with Gasteiger partial charge in [-0.2, -0.15) is 0 Å². The number of fused-ring (bicyclic) bond motifs is 1. The molecule has 3 heteroatoms. The van der Waals surface area contributed by atoms with E-state index < -0.39 is 0 Å². The van der Waals surface area contributed by atoms with Crippen LogP contribution in [0.5, 0.6) is 0 Å². The van der Waals surface area contributed by atoms with E-state index in [-0.39, 0.29) is 11.4 Å². The molecule has 1 aromatic rings. The fourth-order valence-electron chi connectivity index (χ4n) is 3.42. The third-order valence-electron chi connectivity index (χ3n) is 4.37.